The Morgan fingerprint density at radius 3 is 2.89 bits per heavy atom. The van der Waals surface area contributed by atoms with Crippen LogP contribution in [0.25, 0.3) is 0 Å². The van der Waals surface area contributed by atoms with Crippen LogP contribution in [0.5, 0.6) is 0 Å². The molecule has 19 heavy (non-hydrogen) atoms. The van der Waals surface area contributed by atoms with Gasteiger partial charge >= 0.3 is 0 Å². The summed E-state index contributed by atoms with van der Waals surface area (Å²) in [6.45, 7) is 0.596. The molecule has 0 spiro atoms. The van der Waals surface area contributed by atoms with Gasteiger partial charge in [0.15, 0.2) is 0 Å². The highest BCUT2D eigenvalue weighted by Gasteiger charge is 2.15. The number of nitrogens with one attached hydrogen (secondary N) is 1. The van der Waals surface area contributed by atoms with Gasteiger partial charge in [-0.3, -0.25) is 4.79 Å². The molecule has 5 heteroatoms. The van der Waals surface area contributed by atoms with E-state index in [1.807, 2.05) is 0 Å². The van der Waals surface area contributed by atoms with E-state index in [2.05, 4.69) is 5.32 Å². The minimum atomic E-state index is -0.434. The number of nitrogen functional groups attached to an aromatic ring is 1. The zero-order valence-corrected chi connectivity index (χ0v) is 10.8. The van der Waals surface area contributed by atoms with Crippen molar-refractivity contribution in [3.05, 3.63) is 24.0 Å². The van der Waals surface area contributed by atoms with Crippen LogP contribution in [0.2, 0.25) is 0 Å². The van der Waals surface area contributed by atoms with Crippen molar-refractivity contribution in [1.82, 2.24) is 0 Å². The first-order chi connectivity index (χ1) is 9.15. The molecule has 1 amide bonds. The number of amides is 1. The van der Waals surface area contributed by atoms with Gasteiger partial charge in [0.2, 0.25) is 5.91 Å². The van der Waals surface area contributed by atoms with Gasteiger partial charge in [0.25, 0.3) is 0 Å². The van der Waals surface area contributed by atoms with Crippen LogP contribution in [-0.4, -0.2) is 19.1 Å². The first-order valence-electron chi connectivity index (χ1n) is 6.58. The van der Waals surface area contributed by atoms with E-state index in [0.29, 0.717) is 18.2 Å². The van der Waals surface area contributed by atoms with E-state index in [-0.39, 0.29) is 18.2 Å². The van der Waals surface area contributed by atoms with Gasteiger partial charge in [-0.1, -0.05) is 12.8 Å². The molecule has 0 bridgehead atoms. The fourth-order valence-corrected chi connectivity index (χ4v) is 2.32. The van der Waals surface area contributed by atoms with E-state index >= 15 is 0 Å². The molecule has 1 aromatic carbocycles. The first-order valence-corrected chi connectivity index (χ1v) is 6.58. The van der Waals surface area contributed by atoms with E-state index in [4.69, 9.17) is 10.5 Å². The fraction of sp³-hybridized carbons (Fsp3) is 0.500. The molecule has 4 nitrogen and oxygen atoms in total. The van der Waals surface area contributed by atoms with Crippen LogP contribution in [0, 0.1) is 11.7 Å². The number of hydrogen-bond donors (Lipinski definition) is 2. The van der Waals surface area contributed by atoms with Crippen LogP contribution in [0.4, 0.5) is 15.8 Å². The number of rotatable bonds is 5. The number of nitrogens with two attached hydrogens (primary N) is 1. The zero-order valence-electron chi connectivity index (χ0n) is 10.8. The van der Waals surface area contributed by atoms with Gasteiger partial charge in [-0.25, -0.2) is 4.39 Å². The van der Waals surface area contributed by atoms with Crippen molar-refractivity contribution in [2.45, 2.75) is 25.7 Å². The van der Waals surface area contributed by atoms with Crippen molar-refractivity contribution in [2.75, 3.05) is 24.3 Å². The Morgan fingerprint density at radius 2 is 2.16 bits per heavy atom. The third kappa shape index (κ3) is 4.21. The molecule has 1 aliphatic carbocycles. The Hall–Kier alpha value is -1.62. The zero-order chi connectivity index (χ0) is 13.7. The van der Waals surface area contributed by atoms with Crippen molar-refractivity contribution in [1.29, 1.82) is 0 Å². The third-order valence-electron chi connectivity index (χ3n) is 3.35. The predicted octanol–water partition coefficient (Wildman–Crippen LogP) is 2.55. The van der Waals surface area contributed by atoms with Crippen LogP contribution >= 0.6 is 0 Å². The molecule has 3 N–H and O–H groups in total. The van der Waals surface area contributed by atoms with Gasteiger partial charge < -0.3 is 15.8 Å². The molecular weight excluding hydrogens is 247 g/mol. The molecule has 1 aliphatic rings. The first kappa shape index (κ1) is 13.8. The second-order valence-electron chi connectivity index (χ2n) is 4.95. The molecule has 1 fully saturated rings. The van der Waals surface area contributed by atoms with Crippen molar-refractivity contribution < 1.29 is 13.9 Å². The summed E-state index contributed by atoms with van der Waals surface area (Å²) < 4.78 is 18.4. The second-order valence-corrected chi connectivity index (χ2v) is 4.95. The largest absolute Gasteiger partial charge is 0.397 e. The summed E-state index contributed by atoms with van der Waals surface area (Å²) in [5.74, 6) is -0.168. The Morgan fingerprint density at radius 1 is 1.42 bits per heavy atom. The molecule has 0 aliphatic heterocycles. The maximum absolute atomic E-state index is 13.0. The summed E-state index contributed by atoms with van der Waals surface area (Å²) in [6.07, 6.45) is 4.86. The number of ether oxygens (including phenoxy) is 1. The van der Waals surface area contributed by atoms with E-state index in [1.165, 1.54) is 43.9 Å². The second kappa shape index (κ2) is 6.52. The summed E-state index contributed by atoms with van der Waals surface area (Å²) in [4.78, 5) is 11.6. The molecule has 0 atom stereocenters. The Balaban J connectivity index is 1.75. The van der Waals surface area contributed by atoms with Gasteiger partial charge in [-0.15, -0.1) is 0 Å². The van der Waals surface area contributed by atoms with E-state index in [0.717, 1.165) is 0 Å². The van der Waals surface area contributed by atoms with Gasteiger partial charge in [0.1, 0.15) is 12.4 Å². The molecule has 0 heterocycles. The number of carbonyl (C=O) groups is 1. The van der Waals surface area contributed by atoms with Crippen molar-refractivity contribution in [3.8, 4) is 0 Å². The molecular formula is C14H19FN2O2. The molecule has 0 aromatic heterocycles. The number of hydrogen-bond acceptors (Lipinski definition) is 3. The molecule has 0 radical (unpaired) electrons. The normalized spacial score (nSPS) is 15.6. The average Bonchev–Trinajstić information content (AvgIpc) is 2.87. The van der Waals surface area contributed by atoms with Crippen LogP contribution in [0.3, 0.4) is 0 Å². The predicted molar refractivity (Wildman–Crippen MR) is 72.2 cm³/mol. The lowest BCUT2D eigenvalue weighted by Crippen LogP contribution is -2.21. The summed E-state index contributed by atoms with van der Waals surface area (Å²) in [7, 11) is 0. The van der Waals surface area contributed by atoms with Gasteiger partial charge in [-0.2, -0.15) is 0 Å². The standard InChI is InChI=1S/C14H19FN2O2/c15-11-5-6-12(16)13(7-11)17-14(18)9-19-8-10-3-1-2-4-10/h5-7,10H,1-4,8-9,16H2,(H,17,18). The van der Waals surface area contributed by atoms with Gasteiger partial charge in [-0.05, 0) is 37.0 Å². The fourth-order valence-electron chi connectivity index (χ4n) is 2.32. The molecule has 104 valence electrons. The molecule has 2 rings (SSSR count). The molecule has 0 unspecified atom stereocenters. The minimum Gasteiger partial charge on any atom is -0.397 e. The lowest BCUT2D eigenvalue weighted by Gasteiger charge is -2.11. The number of anilines is 2. The Bertz CT molecular complexity index is 445. The monoisotopic (exact) mass is 266 g/mol. The van der Waals surface area contributed by atoms with E-state index in [1.54, 1.807) is 0 Å². The van der Waals surface area contributed by atoms with Gasteiger partial charge in [0, 0.05) is 0 Å². The van der Waals surface area contributed by atoms with Crippen LogP contribution < -0.4 is 11.1 Å². The minimum absolute atomic E-state index is 0.0214. The summed E-state index contributed by atoms with van der Waals surface area (Å²) in [5, 5.41) is 2.55. The molecule has 0 saturated heterocycles. The van der Waals surface area contributed by atoms with Gasteiger partial charge in [0.05, 0.1) is 18.0 Å². The SMILES string of the molecule is Nc1ccc(F)cc1NC(=O)COCC1CCCC1. The Kier molecular flexibility index (Phi) is 4.74. The van der Waals surface area contributed by atoms with Crippen LogP contribution in [0.1, 0.15) is 25.7 Å². The quantitative estimate of drug-likeness (QED) is 0.805. The van der Waals surface area contributed by atoms with Crippen molar-refractivity contribution in [3.63, 3.8) is 0 Å². The summed E-state index contributed by atoms with van der Waals surface area (Å²) in [5.41, 5.74) is 6.27. The van der Waals surface area contributed by atoms with Crippen LogP contribution in [0.15, 0.2) is 18.2 Å². The van der Waals surface area contributed by atoms with E-state index < -0.39 is 5.82 Å². The average molecular weight is 266 g/mol. The van der Waals surface area contributed by atoms with Crippen LogP contribution in [-0.2, 0) is 9.53 Å². The van der Waals surface area contributed by atoms with Crippen molar-refractivity contribution in [2.24, 2.45) is 5.92 Å². The smallest absolute Gasteiger partial charge is 0.250 e. The molecule has 1 aromatic rings. The highest BCUT2D eigenvalue weighted by atomic mass is 19.1. The highest BCUT2D eigenvalue weighted by Crippen LogP contribution is 2.24. The lowest BCUT2D eigenvalue weighted by atomic mass is 10.1. The lowest BCUT2D eigenvalue weighted by molar-refractivity contribution is -0.121. The summed E-state index contributed by atoms with van der Waals surface area (Å²) >= 11 is 0. The van der Waals surface area contributed by atoms with E-state index in [9.17, 15) is 9.18 Å². The molecule has 1 saturated carbocycles. The number of carbonyl (C=O) groups excluding carboxylic acids is 1. The topological polar surface area (TPSA) is 64.3 Å². The highest BCUT2D eigenvalue weighted by molar-refractivity contribution is 5.94. The maximum atomic E-state index is 13.0. The summed E-state index contributed by atoms with van der Waals surface area (Å²) in [6, 6.07) is 3.87. The number of halogens is 1. The maximum Gasteiger partial charge on any atom is 0.250 e. The third-order valence-corrected chi connectivity index (χ3v) is 3.35. The van der Waals surface area contributed by atoms with Crippen molar-refractivity contribution >= 4 is 17.3 Å². The Labute approximate surface area is 112 Å². The number of benzene rings is 1.